The van der Waals surface area contributed by atoms with E-state index in [2.05, 4.69) is 0 Å². The van der Waals surface area contributed by atoms with Gasteiger partial charge in [-0.25, -0.2) is 0 Å². The summed E-state index contributed by atoms with van der Waals surface area (Å²) in [6.07, 6.45) is 3.83. The SMILES string of the molecule is CCCN(CC(=O)O)C(=O)CCCCCN. The largest absolute Gasteiger partial charge is 0.480 e. The topological polar surface area (TPSA) is 83.6 Å². The first kappa shape index (κ1) is 14.9. The Morgan fingerprint density at radius 3 is 2.44 bits per heavy atom. The number of nitrogens with zero attached hydrogens (tertiary/aromatic N) is 1. The van der Waals surface area contributed by atoms with E-state index in [9.17, 15) is 9.59 Å². The van der Waals surface area contributed by atoms with Gasteiger partial charge in [-0.05, 0) is 25.8 Å². The summed E-state index contributed by atoms with van der Waals surface area (Å²) in [5.41, 5.74) is 5.35. The molecule has 0 aromatic rings. The third-order valence-electron chi connectivity index (χ3n) is 2.27. The maximum Gasteiger partial charge on any atom is 0.323 e. The van der Waals surface area contributed by atoms with Gasteiger partial charge in [-0.15, -0.1) is 0 Å². The predicted octanol–water partition coefficient (Wildman–Crippen LogP) is 0.829. The van der Waals surface area contributed by atoms with Crippen molar-refractivity contribution in [3.05, 3.63) is 0 Å². The molecule has 0 aliphatic carbocycles. The molecule has 5 nitrogen and oxygen atoms in total. The second kappa shape index (κ2) is 9.15. The molecule has 3 N–H and O–H groups in total. The van der Waals surface area contributed by atoms with Crippen LogP contribution in [0.5, 0.6) is 0 Å². The number of carbonyl (C=O) groups is 2. The van der Waals surface area contributed by atoms with E-state index in [4.69, 9.17) is 10.8 Å². The van der Waals surface area contributed by atoms with E-state index in [1.54, 1.807) is 0 Å². The quantitative estimate of drug-likeness (QED) is 0.575. The van der Waals surface area contributed by atoms with E-state index in [1.165, 1.54) is 4.90 Å². The van der Waals surface area contributed by atoms with Crippen molar-refractivity contribution in [1.29, 1.82) is 0 Å². The average molecular weight is 230 g/mol. The van der Waals surface area contributed by atoms with E-state index in [0.29, 0.717) is 19.5 Å². The molecule has 94 valence electrons. The first-order valence-electron chi connectivity index (χ1n) is 5.81. The molecule has 16 heavy (non-hydrogen) atoms. The number of unbranched alkanes of at least 4 members (excludes halogenated alkanes) is 2. The molecule has 0 aliphatic rings. The lowest BCUT2D eigenvalue weighted by Gasteiger charge is -2.19. The van der Waals surface area contributed by atoms with Crippen LogP contribution < -0.4 is 5.73 Å². The molecule has 1 amide bonds. The molecule has 0 fully saturated rings. The fourth-order valence-electron chi connectivity index (χ4n) is 1.48. The Labute approximate surface area is 96.6 Å². The molecule has 0 saturated heterocycles. The highest BCUT2D eigenvalue weighted by Crippen LogP contribution is 2.03. The Kier molecular flexibility index (Phi) is 8.52. The molecule has 5 heteroatoms. The highest BCUT2D eigenvalue weighted by molar-refractivity contribution is 5.81. The monoisotopic (exact) mass is 230 g/mol. The fourth-order valence-corrected chi connectivity index (χ4v) is 1.48. The molecule has 0 aromatic heterocycles. The van der Waals surface area contributed by atoms with Gasteiger partial charge in [-0.2, -0.15) is 0 Å². The number of carboxylic acid groups (broad SMARTS) is 1. The maximum atomic E-state index is 11.7. The Morgan fingerprint density at radius 2 is 1.94 bits per heavy atom. The molecule has 0 heterocycles. The van der Waals surface area contributed by atoms with Crippen LogP contribution in [-0.4, -0.2) is 41.5 Å². The van der Waals surface area contributed by atoms with Crippen molar-refractivity contribution in [3.63, 3.8) is 0 Å². The number of rotatable bonds is 9. The van der Waals surface area contributed by atoms with Gasteiger partial charge in [-0.3, -0.25) is 9.59 Å². The maximum absolute atomic E-state index is 11.7. The molecule has 0 aliphatic heterocycles. The highest BCUT2D eigenvalue weighted by atomic mass is 16.4. The molecule has 0 radical (unpaired) electrons. The summed E-state index contributed by atoms with van der Waals surface area (Å²) in [7, 11) is 0. The summed E-state index contributed by atoms with van der Waals surface area (Å²) in [5, 5.41) is 8.66. The van der Waals surface area contributed by atoms with Crippen molar-refractivity contribution >= 4 is 11.9 Å². The highest BCUT2D eigenvalue weighted by Gasteiger charge is 2.14. The van der Waals surface area contributed by atoms with Crippen molar-refractivity contribution in [2.45, 2.75) is 39.0 Å². The van der Waals surface area contributed by atoms with Gasteiger partial charge < -0.3 is 15.7 Å². The van der Waals surface area contributed by atoms with Gasteiger partial charge in [0.1, 0.15) is 6.54 Å². The van der Waals surface area contributed by atoms with Gasteiger partial charge >= 0.3 is 5.97 Å². The number of nitrogens with two attached hydrogens (primary N) is 1. The summed E-state index contributed by atoms with van der Waals surface area (Å²) in [6, 6.07) is 0. The Hall–Kier alpha value is -1.10. The molecule has 0 bridgehead atoms. The van der Waals surface area contributed by atoms with Crippen LogP contribution in [0.4, 0.5) is 0 Å². The van der Waals surface area contributed by atoms with Gasteiger partial charge in [0, 0.05) is 13.0 Å². The van der Waals surface area contributed by atoms with E-state index in [0.717, 1.165) is 25.7 Å². The number of amides is 1. The smallest absolute Gasteiger partial charge is 0.323 e. The minimum absolute atomic E-state index is 0.0683. The molecule has 0 unspecified atom stereocenters. The summed E-state index contributed by atoms with van der Waals surface area (Å²) in [4.78, 5) is 23.6. The second-order valence-electron chi connectivity index (χ2n) is 3.81. The molecule has 0 aromatic carbocycles. The minimum atomic E-state index is -0.955. The van der Waals surface area contributed by atoms with Gasteiger partial charge in [0.2, 0.25) is 5.91 Å². The Balaban J connectivity index is 3.91. The first-order valence-corrected chi connectivity index (χ1v) is 5.81. The Morgan fingerprint density at radius 1 is 1.25 bits per heavy atom. The van der Waals surface area contributed by atoms with Crippen LogP contribution >= 0.6 is 0 Å². The standard InChI is InChI=1S/C11H22N2O3/c1-2-8-13(9-11(15)16)10(14)6-4-3-5-7-12/h2-9,12H2,1H3,(H,15,16). The van der Waals surface area contributed by atoms with Crippen LogP contribution in [-0.2, 0) is 9.59 Å². The lowest BCUT2D eigenvalue weighted by atomic mass is 10.2. The van der Waals surface area contributed by atoms with Gasteiger partial charge in [0.25, 0.3) is 0 Å². The summed E-state index contributed by atoms with van der Waals surface area (Å²) in [5.74, 6) is -1.02. The zero-order valence-electron chi connectivity index (χ0n) is 9.95. The van der Waals surface area contributed by atoms with Crippen LogP contribution in [0.25, 0.3) is 0 Å². The molecule has 0 rings (SSSR count). The predicted molar refractivity (Wildman–Crippen MR) is 62.0 cm³/mol. The summed E-state index contributed by atoms with van der Waals surface area (Å²) in [6.45, 7) is 2.89. The molecule has 0 saturated carbocycles. The second-order valence-corrected chi connectivity index (χ2v) is 3.81. The van der Waals surface area contributed by atoms with E-state index in [-0.39, 0.29) is 12.5 Å². The first-order chi connectivity index (χ1) is 7.61. The molecular weight excluding hydrogens is 208 g/mol. The lowest BCUT2D eigenvalue weighted by Crippen LogP contribution is -2.36. The number of hydrogen-bond acceptors (Lipinski definition) is 3. The van der Waals surface area contributed by atoms with Crippen molar-refractivity contribution < 1.29 is 14.7 Å². The van der Waals surface area contributed by atoms with E-state index < -0.39 is 5.97 Å². The minimum Gasteiger partial charge on any atom is -0.480 e. The summed E-state index contributed by atoms with van der Waals surface area (Å²) < 4.78 is 0. The van der Waals surface area contributed by atoms with Crippen molar-refractivity contribution in [3.8, 4) is 0 Å². The van der Waals surface area contributed by atoms with Crippen LogP contribution in [0, 0.1) is 0 Å². The van der Waals surface area contributed by atoms with E-state index in [1.807, 2.05) is 6.92 Å². The van der Waals surface area contributed by atoms with Crippen molar-refractivity contribution in [2.24, 2.45) is 5.73 Å². The van der Waals surface area contributed by atoms with Gasteiger partial charge in [0.15, 0.2) is 0 Å². The van der Waals surface area contributed by atoms with Gasteiger partial charge in [0.05, 0.1) is 0 Å². The number of aliphatic carboxylic acids is 1. The molecular formula is C11H22N2O3. The number of hydrogen-bond donors (Lipinski definition) is 2. The summed E-state index contributed by atoms with van der Waals surface area (Å²) >= 11 is 0. The molecule has 0 spiro atoms. The average Bonchev–Trinajstić information content (AvgIpc) is 2.23. The number of carbonyl (C=O) groups excluding carboxylic acids is 1. The zero-order chi connectivity index (χ0) is 12.4. The van der Waals surface area contributed by atoms with E-state index >= 15 is 0 Å². The van der Waals surface area contributed by atoms with Crippen molar-refractivity contribution in [2.75, 3.05) is 19.6 Å². The van der Waals surface area contributed by atoms with Crippen LogP contribution in [0.15, 0.2) is 0 Å². The third-order valence-corrected chi connectivity index (χ3v) is 2.27. The normalized spacial score (nSPS) is 10.1. The van der Waals surface area contributed by atoms with Crippen molar-refractivity contribution in [1.82, 2.24) is 4.90 Å². The van der Waals surface area contributed by atoms with Gasteiger partial charge in [-0.1, -0.05) is 13.3 Å². The lowest BCUT2D eigenvalue weighted by molar-refractivity contribution is -0.144. The van der Waals surface area contributed by atoms with Crippen LogP contribution in [0.1, 0.15) is 39.0 Å². The zero-order valence-corrected chi connectivity index (χ0v) is 9.95. The third kappa shape index (κ3) is 7.23. The fraction of sp³-hybridized carbons (Fsp3) is 0.818. The van der Waals surface area contributed by atoms with Crippen LogP contribution in [0.2, 0.25) is 0 Å². The molecule has 0 atom stereocenters. The number of carboxylic acids is 1. The Bertz CT molecular complexity index is 219. The van der Waals surface area contributed by atoms with Crippen LogP contribution in [0.3, 0.4) is 0 Å².